The van der Waals surface area contributed by atoms with Crippen molar-refractivity contribution in [3.8, 4) is 6.07 Å². The van der Waals surface area contributed by atoms with Crippen LogP contribution in [0.1, 0.15) is 22.3 Å². The van der Waals surface area contributed by atoms with Crippen molar-refractivity contribution in [2.45, 2.75) is 6.42 Å². The SMILES string of the molecule is Cl.N#Cc1ccc(C(=O)NCCCN2CCNCC2)cc1. The van der Waals surface area contributed by atoms with Crippen LogP contribution in [0.5, 0.6) is 0 Å². The maximum Gasteiger partial charge on any atom is 0.251 e. The van der Waals surface area contributed by atoms with Crippen molar-refractivity contribution in [3.63, 3.8) is 0 Å². The number of hydrogen-bond acceptors (Lipinski definition) is 4. The number of nitrogens with one attached hydrogen (secondary N) is 2. The molecule has 6 heteroatoms. The number of carbonyl (C=O) groups is 1. The first kappa shape index (κ1) is 17.4. The zero-order chi connectivity index (χ0) is 14.2. The number of rotatable bonds is 5. The molecule has 1 saturated heterocycles. The first-order valence-corrected chi connectivity index (χ1v) is 7.01. The minimum Gasteiger partial charge on any atom is -0.352 e. The standard InChI is InChI=1S/C15H20N4O.ClH/c16-12-13-2-4-14(5-3-13)15(20)18-6-1-9-19-10-7-17-8-11-19;/h2-5,17H,1,6-11H2,(H,18,20);1H. The van der Waals surface area contributed by atoms with Gasteiger partial charge >= 0.3 is 0 Å². The van der Waals surface area contributed by atoms with Gasteiger partial charge in [0.05, 0.1) is 11.6 Å². The lowest BCUT2D eigenvalue weighted by molar-refractivity contribution is 0.0951. The largest absolute Gasteiger partial charge is 0.352 e. The molecule has 0 aromatic heterocycles. The van der Waals surface area contributed by atoms with E-state index < -0.39 is 0 Å². The van der Waals surface area contributed by atoms with Gasteiger partial charge in [-0.05, 0) is 37.2 Å². The number of hydrogen-bond donors (Lipinski definition) is 2. The summed E-state index contributed by atoms with van der Waals surface area (Å²) in [5.41, 5.74) is 1.17. The molecule has 0 radical (unpaired) electrons. The Labute approximate surface area is 131 Å². The quantitative estimate of drug-likeness (QED) is 0.797. The normalized spacial score (nSPS) is 14.8. The number of nitriles is 1. The Morgan fingerprint density at radius 1 is 1.29 bits per heavy atom. The zero-order valence-corrected chi connectivity index (χ0v) is 12.8. The number of nitrogens with zero attached hydrogens (tertiary/aromatic N) is 2. The molecule has 1 amide bonds. The minimum absolute atomic E-state index is 0. The highest BCUT2D eigenvalue weighted by atomic mass is 35.5. The Morgan fingerprint density at radius 3 is 2.57 bits per heavy atom. The third-order valence-electron chi connectivity index (χ3n) is 3.42. The van der Waals surface area contributed by atoms with Crippen molar-refractivity contribution in [3.05, 3.63) is 35.4 Å². The summed E-state index contributed by atoms with van der Waals surface area (Å²) in [4.78, 5) is 14.3. The van der Waals surface area contributed by atoms with Gasteiger partial charge in [0.1, 0.15) is 0 Å². The van der Waals surface area contributed by atoms with Crippen LogP contribution < -0.4 is 10.6 Å². The van der Waals surface area contributed by atoms with E-state index in [0.717, 1.165) is 39.1 Å². The van der Waals surface area contributed by atoms with Crippen molar-refractivity contribution in [1.82, 2.24) is 15.5 Å². The molecule has 1 heterocycles. The van der Waals surface area contributed by atoms with Gasteiger partial charge in [0.25, 0.3) is 5.91 Å². The number of amides is 1. The van der Waals surface area contributed by atoms with Gasteiger partial charge in [-0.25, -0.2) is 0 Å². The molecule has 1 aliphatic heterocycles. The molecule has 0 aliphatic carbocycles. The van der Waals surface area contributed by atoms with E-state index in [0.29, 0.717) is 17.7 Å². The molecule has 0 bridgehead atoms. The van der Waals surface area contributed by atoms with Gasteiger partial charge in [-0.15, -0.1) is 12.4 Å². The van der Waals surface area contributed by atoms with Gasteiger partial charge in [-0.3, -0.25) is 4.79 Å². The predicted molar refractivity (Wildman–Crippen MR) is 84.7 cm³/mol. The van der Waals surface area contributed by atoms with E-state index in [9.17, 15) is 4.79 Å². The molecule has 1 aliphatic rings. The van der Waals surface area contributed by atoms with Gasteiger partial charge in [0, 0.05) is 38.3 Å². The Kier molecular flexibility index (Phi) is 7.76. The zero-order valence-electron chi connectivity index (χ0n) is 12.0. The lowest BCUT2D eigenvalue weighted by Crippen LogP contribution is -2.44. The average molecular weight is 309 g/mol. The van der Waals surface area contributed by atoms with Gasteiger partial charge in [-0.2, -0.15) is 5.26 Å². The number of halogens is 1. The Balaban J connectivity index is 0.00000220. The van der Waals surface area contributed by atoms with Crippen LogP contribution in [0.2, 0.25) is 0 Å². The molecule has 0 saturated carbocycles. The third kappa shape index (κ3) is 5.72. The molecule has 0 atom stereocenters. The fourth-order valence-electron chi connectivity index (χ4n) is 2.24. The van der Waals surface area contributed by atoms with Crippen LogP contribution in [-0.4, -0.2) is 50.1 Å². The summed E-state index contributed by atoms with van der Waals surface area (Å²) in [7, 11) is 0. The van der Waals surface area contributed by atoms with Gasteiger partial charge in [0.15, 0.2) is 0 Å². The summed E-state index contributed by atoms with van der Waals surface area (Å²) in [6, 6.07) is 8.73. The van der Waals surface area contributed by atoms with E-state index in [1.165, 1.54) is 0 Å². The first-order chi connectivity index (χ1) is 9.79. The lowest BCUT2D eigenvalue weighted by Gasteiger charge is -2.27. The van der Waals surface area contributed by atoms with E-state index in [1.807, 2.05) is 6.07 Å². The smallest absolute Gasteiger partial charge is 0.251 e. The van der Waals surface area contributed by atoms with Crippen LogP contribution >= 0.6 is 12.4 Å². The molecular weight excluding hydrogens is 288 g/mol. The van der Waals surface area contributed by atoms with Crippen LogP contribution in [-0.2, 0) is 0 Å². The van der Waals surface area contributed by atoms with E-state index in [2.05, 4.69) is 15.5 Å². The van der Waals surface area contributed by atoms with E-state index in [4.69, 9.17) is 5.26 Å². The second-order valence-electron chi connectivity index (χ2n) is 4.89. The summed E-state index contributed by atoms with van der Waals surface area (Å²) in [6.45, 7) is 5.99. The number of benzene rings is 1. The molecule has 2 rings (SSSR count). The average Bonchev–Trinajstić information content (AvgIpc) is 2.52. The lowest BCUT2D eigenvalue weighted by atomic mass is 10.1. The summed E-state index contributed by atoms with van der Waals surface area (Å²) in [5, 5.41) is 14.9. The number of carbonyl (C=O) groups excluding carboxylic acids is 1. The monoisotopic (exact) mass is 308 g/mol. The highest BCUT2D eigenvalue weighted by Crippen LogP contribution is 2.03. The van der Waals surface area contributed by atoms with Crippen LogP contribution in [0.25, 0.3) is 0 Å². The highest BCUT2D eigenvalue weighted by Gasteiger charge is 2.09. The van der Waals surface area contributed by atoms with Crippen LogP contribution in [0, 0.1) is 11.3 Å². The molecule has 114 valence electrons. The van der Waals surface area contributed by atoms with Crippen molar-refractivity contribution in [2.24, 2.45) is 0 Å². The summed E-state index contributed by atoms with van der Waals surface area (Å²) < 4.78 is 0. The molecule has 0 unspecified atom stereocenters. The maximum absolute atomic E-state index is 11.9. The summed E-state index contributed by atoms with van der Waals surface area (Å²) in [5.74, 6) is -0.0743. The summed E-state index contributed by atoms with van der Waals surface area (Å²) in [6.07, 6.45) is 0.960. The third-order valence-corrected chi connectivity index (χ3v) is 3.42. The van der Waals surface area contributed by atoms with Gasteiger partial charge in [0.2, 0.25) is 0 Å². The van der Waals surface area contributed by atoms with Crippen LogP contribution in [0.4, 0.5) is 0 Å². The molecule has 1 aromatic carbocycles. The maximum atomic E-state index is 11.9. The van der Waals surface area contributed by atoms with Crippen molar-refractivity contribution >= 4 is 18.3 Å². The molecule has 21 heavy (non-hydrogen) atoms. The second-order valence-corrected chi connectivity index (χ2v) is 4.89. The second kappa shape index (κ2) is 9.35. The minimum atomic E-state index is -0.0743. The van der Waals surface area contributed by atoms with Crippen molar-refractivity contribution < 1.29 is 4.79 Å². The Hall–Kier alpha value is -1.61. The highest BCUT2D eigenvalue weighted by molar-refractivity contribution is 5.94. The van der Waals surface area contributed by atoms with E-state index in [-0.39, 0.29) is 18.3 Å². The van der Waals surface area contributed by atoms with Gasteiger partial charge < -0.3 is 15.5 Å². The fourth-order valence-corrected chi connectivity index (χ4v) is 2.24. The molecule has 0 spiro atoms. The van der Waals surface area contributed by atoms with E-state index in [1.54, 1.807) is 24.3 Å². The van der Waals surface area contributed by atoms with Crippen LogP contribution in [0.3, 0.4) is 0 Å². The number of piperazine rings is 1. The molecule has 1 aromatic rings. The Bertz CT molecular complexity index is 477. The molecule has 5 nitrogen and oxygen atoms in total. The van der Waals surface area contributed by atoms with Crippen LogP contribution in [0.15, 0.2) is 24.3 Å². The van der Waals surface area contributed by atoms with Gasteiger partial charge in [-0.1, -0.05) is 0 Å². The molecular formula is C15H21ClN4O. The molecule has 2 N–H and O–H groups in total. The first-order valence-electron chi connectivity index (χ1n) is 7.01. The van der Waals surface area contributed by atoms with Crippen molar-refractivity contribution in [2.75, 3.05) is 39.3 Å². The van der Waals surface area contributed by atoms with E-state index >= 15 is 0 Å². The van der Waals surface area contributed by atoms with Crippen molar-refractivity contribution in [1.29, 1.82) is 5.26 Å². The Morgan fingerprint density at radius 2 is 1.95 bits per heavy atom. The topological polar surface area (TPSA) is 68.2 Å². The molecule has 1 fully saturated rings. The fraction of sp³-hybridized carbons (Fsp3) is 0.467. The summed E-state index contributed by atoms with van der Waals surface area (Å²) >= 11 is 0. The predicted octanol–water partition coefficient (Wildman–Crippen LogP) is 1.01.